The number of nitrogens with one attached hydrogen (secondary N) is 1. The minimum Gasteiger partial charge on any atom is -0.480 e. The largest absolute Gasteiger partial charge is 0.480 e. The van der Waals surface area contributed by atoms with Gasteiger partial charge < -0.3 is 5.11 Å². The lowest BCUT2D eigenvalue weighted by atomic mass is 10.1. The Labute approximate surface area is 121 Å². The van der Waals surface area contributed by atoms with Crippen molar-refractivity contribution in [3.8, 4) is 0 Å². The second kappa shape index (κ2) is 5.78. The molecule has 1 aromatic heterocycles. The highest BCUT2D eigenvalue weighted by molar-refractivity contribution is 7.89. The molecule has 2 N–H and O–H groups in total. The van der Waals surface area contributed by atoms with Crippen LogP contribution in [0, 0.1) is 5.92 Å². The number of fused-ring (bicyclic) bond motifs is 1. The molecular formula is C12H15N3O5S. The minimum absolute atomic E-state index is 0.0262. The van der Waals surface area contributed by atoms with E-state index in [0.29, 0.717) is 0 Å². The molecule has 0 spiro atoms. The lowest BCUT2D eigenvalue weighted by molar-refractivity contribution is -0.139. The molecule has 1 aromatic carbocycles. The van der Waals surface area contributed by atoms with Crippen LogP contribution in [0.3, 0.4) is 0 Å². The molecule has 0 amide bonds. The number of aromatic nitrogens is 2. The van der Waals surface area contributed by atoms with E-state index in [0.717, 1.165) is 0 Å². The van der Waals surface area contributed by atoms with Gasteiger partial charge in [0.05, 0.1) is 0 Å². The maximum absolute atomic E-state index is 12.4. The van der Waals surface area contributed by atoms with Crippen molar-refractivity contribution >= 4 is 27.0 Å². The molecule has 2 aromatic rings. The van der Waals surface area contributed by atoms with Gasteiger partial charge in [-0.25, -0.2) is 13.0 Å². The molecule has 114 valence electrons. The van der Waals surface area contributed by atoms with E-state index in [1.54, 1.807) is 6.07 Å². The summed E-state index contributed by atoms with van der Waals surface area (Å²) in [7, 11) is -4.04. The number of hydrogen-bond acceptors (Lipinski definition) is 6. The van der Waals surface area contributed by atoms with Crippen molar-refractivity contribution in [1.29, 1.82) is 0 Å². The van der Waals surface area contributed by atoms with Gasteiger partial charge in [-0.15, -0.1) is 0 Å². The monoisotopic (exact) mass is 313 g/mol. The van der Waals surface area contributed by atoms with Crippen LogP contribution in [-0.4, -0.2) is 35.8 Å². The van der Waals surface area contributed by atoms with Gasteiger partial charge in [-0.2, -0.15) is 4.72 Å². The molecule has 21 heavy (non-hydrogen) atoms. The van der Waals surface area contributed by atoms with Crippen molar-refractivity contribution < 1.29 is 22.9 Å². The highest BCUT2D eigenvalue weighted by Crippen LogP contribution is 2.20. The second-order valence-corrected chi connectivity index (χ2v) is 6.71. The Bertz CT molecular complexity index is 753. The van der Waals surface area contributed by atoms with Crippen LogP contribution < -0.4 is 4.72 Å². The van der Waals surface area contributed by atoms with E-state index in [1.807, 2.05) is 13.8 Å². The second-order valence-electron chi connectivity index (χ2n) is 5.03. The van der Waals surface area contributed by atoms with Gasteiger partial charge in [-0.1, -0.05) is 19.9 Å². The first kappa shape index (κ1) is 15.4. The molecule has 0 fully saturated rings. The summed E-state index contributed by atoms with van der Waals surface area (Å²) in [5.41, 5.74) is 0.354. The van der Waals surface area contributed by atoms with Crippen molar-refractivity contribution in [2.75, 3.05) is 0 Å². The Morgan fingerprint density at radius 2 is 2.10 bits per heavy atom. The molecule has 0 saturated heterocycles. The number of nitrogens with zero attached hydrogens (tertiary/aromatic N) is 2. The fourth-order valence-electron chi connectivity index (χ4n) is 1.92. The van der Waals surface area contributed by atoms with Crippen LogP contribution >= 0.6 is 0 Å². The number of sulfonamides is 1. The van der Waals surface area contributed by atoms with E-state index in [4.69, 9.17) is 5.11 Å². The van der Waals surface area contributed by atoms with Crippen LogP contribution in [0.2, 0.25) is 0 Å². The Morgan fingerprint density at radius 1 is 1.38 bits per heavy atom. The van der Waals surface area contributed by atoms with Gasteiger partial charge >= 0.3 is 5.97 Å². The van der Waals surface area contributed by atoms with E-state index >= 15 is 0 Å². The molecule has 1 heterocycles. The Kier molecular flexibility index (Phi) is 4.24. The summed E-state index contributed by atoms with van der Waals surface area (Å²) in [5, 5.41) is 16.2. The maximum atomic E-state index is 12.4. The summed E-state index contributed by atoms with van der Waals surface area (Å²) >= 11 is 0. The SMILES string of the molecule is CC(C)CC(NS(=O)(=O)c1cccc2nonc12)C(=O)O. The first-order valence-electron chi connectivity index (χ1n) is 6.27. The summed E-state index contributed by atoms with van der Waals surface area (Å²) < 4.78 is 31.4. The zero-order valence-corrected chi connectivity index (χ0v) is 12.3. The normalized spacial score (nSPS) is 13.7. The fraction of sp³-hybridized carbons (Fsp3) is 0.417. The zero-order chi connectivity index (χ0) is 15.6. The average molecular weight is 313 g/mol. The number of carbonyl (C=O) groups is 1. The third-order valence-electron chi connectivity index (χ3n) is 2.84. The Hall–Kier alpha value is -2.00. The highest BCUT2D eigenvalue weighted by atomic mass is 32.2. The van der Waals surface area contributed by atoms with Gasteiger partial charge in [0, 0.05) is 0 Å². The topological polar surface area (TPSA) is 122 Å². The van der Waals surface area contributed by atoms with Gasteiger partial charge in [0.2, 0.25) is 10.0 Å². The van der Waals surface area contributed by atoms with Gasteiger partial charge in [0.15, 0.2) is 5.52 Å². The third kappa shape index (κ3) is 3.37. The summed E-state index contributed by atoms with van der Waals surface area (Å²) in [5.74, 6) is -1.20. The van der Waals surface area contributed by atoms with Crippen LogP contribution in [0.4, 0.5) is 0 Å². The molecule has 8 nitrogen and oxygen atoms in total. The predicted molar refractivity (Wildman–Crippen MR) is 73.0 cm³/mol. The van der Waals surface area contributed by atoms with Crippen molar-refractivity contribution in [2.24, 2.45) is 5.92 Å². The Morgan fingerprint density at radius 3 is 2.71 bits per heavy atom. The number of benzene rings is 1. The average Bonchev–Trinajstić information content (AvgIpc) is 2.84. The number of hydrogen-bond donors (Lipinski definition) is 2. The molecule has 0 aliphatic rings. The fourth-order valence-corrected chi connectivity index (χ4v) is 3.27. The maximum Gasteiger partial charge on any atom is 0.321 e. The van der Waals surface area contributed by atoms with Gasteiger partial charge in [0.25, 0.3) is 0 Å². The molecule has 0 aliphatic carbocycles. The molecule has 0 aliphatic heterocycles. The van der Waals surface area contributed by atoms with Crippen LogP contribution in [0.25, 0.3) is 11.0 Å². The lowest BCUT2D eigenvalue weighted by Gasteiger charge is -2.16. The standard InChI is InChI=1S/C12H15N3O5S/c1-7(2)6-9(12(16)17)15-21(18,19)10-5-3-4-8-11(10)14-20-13-8/h3-5,7,9,15H,6H2,1-2H3,(H,16,17). The zero-order valence-electron chi connectivity index (χ0n) is 11.5. The molecule has 9 heteroatoms. The highest BCUT2D eigenvalue weighted by Gasteiger charge is 2.28. The molecule has 0 saturated carbocycles. The van der Waals surface area contributed by atoms with Crippen molar-refractivity contribution in [2.45, 2.75) is 31.2 Å². The molecule has 1 unspecified atom stereocenters. The summed E-state index contributed by atoms with van der Waals surface area (Å²) in [4.78, 5) is 11.0. The van der Waals surface area contributed by atoms with E-state index < -0.39 is 22.0 Å². The van der Waals surface area contributed by atoms with Crippen LogP contribution in [0.15, 0.2) is 27.7 Å². The van der Waals surface area contributed by atoms with Crippen LogP contribution in [-0.2, 0) is 14.8 Å². The molecule has 1 atom stereocenters. The Balaban J connectivity index is 2.37. The van der Waals surface area contributed by atoms with Crippen molar-refractivity contribution in [3.05, 3.63) is 18.2 Å². The van der Waals surface area contributed by atoms with E-state index in [9.17, 15) is 13.2 Å². The number of carboxylic acid groups (broad SMARTS) is 1. The molecule has 0 radical (unpaired) electrons. The van der Waals surface area contributed by atoms with Crippen LogP contribution in [0.5, 0.6) is 0 Å². The van der Waals surface area contributed by atoms with Crippen LogP contribution in [0.1, 0.15) is 20.3 Å². The molecule has 0 bridgehead atoms. The summed E-state index contributed by atoms with van der Waals surface area (Å²) in [6, 6.07) is 3.15. The summed E-state index contributed by atoms with van der Waals surface area (Å²) in [6.45, 7) is 3.62. The van der Waals surface area contributed by atoms with E-state index in [1.165, 1.54) is 12.1 Å². The van der Waals surface area contributed by atoms with Crippen molar-refractivity contribution in [3.63, 3.8) is 0 Å². The first-order chi connectivity index (χ1) is 9.81. The first-order valence-corrected chi connectivity index (χ1v) is 7.76. The van der Waals surface area contributed by atoms with E-state index in [-0.39, 0.29) is 28.3 Å². The summed E-state index contributed by atoms with van der Waals surface area (Å²) in [6.07, 6.45) is 0.182. The molecular weight excluding hydrogens is 298 g/mol. The third-order valence-corrected chi connectivity index (χ3v) is 4.34. The van der Waals surface area contributed by atoms with Gasteiger partial charge in [-0.05, 0) is 34.8 Å². The predicted octanol–water partition coefficient (Wildman–Crippen LogP) is 1.00. The van der Waals surface area contributed by atoms with Crippen molar-refractivity contribution in [1.82, 2.24) is 15.0 Å². The lowest BCUT2D eigenvalue weighted by Crippen LogP contribution is -2.41. The number of carboxylic acids is 1. The van der Waals surface area contributed by atoms with Gasteiger partial charge in [-0.3, -0.25) is 4.79 Å². The van der Waals surface area contributed by atoms with E-state index in [2.05, 4.69) is 19.7 Å². The quantitative estimate of drug-likeness (QED) is 0.815. The molecule has 2 rings (SSSR count). The number of rotatable bonds is 6. The number of aliphatic carboxylic acids is 1. The van der Waals surface area contributed by atoms with Gasteiger partial charge in [0.1, 0.15) is 16.5 Å². The minimum atomic E-state index is -4.04. The smallest absolute Gasteiger partial charge is 0.321 e.